The highest BCUT2D eigenvalue weighted by Gasteiger charge is 2.10. The van der Waals surface area contributed by atoms with Crippen molar-refractivity contribution in [3.63, 3.8) is 0 Å². The normalized spacial score (nSPS) is 10.2. The molecule has 0 fully saturated rings. The SMILES string of the molecule is CC(=O)c1ccc(OCc2ccc(C(=O)NN)s2)cc1F. The Balaban J connectivity index is 2.03. The van der Waals surface area contributed by atoms with E-state index in [1.54, 1.807) is 12.1 Å². The first-order valence-corrected chi connectivity index (χ1v) is 6.86. The number of ketones is 1. The molecule has 0 atom stereocenters. The number of nitrogens with two attached hydrogens (primary N) is 1. The molecule has 0 saturated heterocycles. The summed E-state index contributed by atoms with van der Waals surface area (Å²) in [6.07, 6.45) is 0. The molecule has 0 aliphatic rings. The van der Waals surface area contributed by atoms with E-state index in [1.807, 2.05) is 5.43 Å². The van der Waals surface area contributed by atoms with Crippen LogP contribution in [0.1, 0.15) is 31.8 Å². The van der Waals surface area contributed by atoms with Gasteiger partial charge in [-0.25, -0.2) is 10.2 Å². The van der Waals surface area contributed by atoms with Crippen molar-refractivity contribution >= 4 is 23.0 Å². The molecule has 7 heteroatoms. The average molecular weight is 308 g/mol. The fourth-order valence-corrected chi connectivity index (χ4v) is 2.50. The molecule has 2 aromatic rings. The van der Waals surface area contributed by atoms with Crippen molar-refractivity contribution in [3.05, 3.63) is 51.5 Å². The van der Waals surface area contributed by atoms with Crippen LogP contribution < -0.4 is 16.0 Å². The maximum atomic E-state index is 13.6. The summed E-state index contributed by atoms with van der Waals surface area (Å²) in [4.78, 5) is 23.7. The number of hydrazine groups is 1. The quantitative estimate of drug-likeness (QED) is 0.384. The molecular weight excluding hydrogens is 295 g/mol. The molecule has 0 saturated carbocycles. The van der Waals surface area contributed by atoms with Gasteiger partial charge in [0.25, 0.3) is 5.91 Å². The minimum absolute atomic E-state index is 0.0281. The predicted octanol–water partition coefficient (Wildman–Crippen LogP) is 2.27. The average Bonchev–Trinajstić information content (AvgIpc) is 2.92. The highest BCUT2D eigenvalue weighted by atomic mass is 32.1. The molecule has 5 nitrogen and oxygen atoms in total. The number of carbonyl (C=O) groups is 2. The summed E-state index contributed by atoms with van der Waals surface area (Å²) in [5.41, 5.74) is 2.07. The lowest BCUT2D eigenvalue weighted by atomic mass is 10.1. The molecule has 1 heterocycles. The zero-order valence-corrected chi connectivity index (χ0v) is 12.0. The number of carbonyl (C=O) groups excluding carboxylic acids is 2. The second-order valence-corrected chi connectivity index (χ2v) is 5.39. The number of hydrogen-bond acceptors (Lipinski definition) is 5. The number of benzene rings is 1. The maximum absolute atomic E-state index is 13.6. The topological polar surface area (TPSA) is 81.4 Å². The molecule has 0 spiro atoms. The fraction of sp³-hybridized carbons (Fsp3) is 0.143. The third-order valence-electron chi connectivity index (χ3n) is 2.72. The van der Waals surface area contributed by atoms with Crippen LogP contribution in [0.5, 0.6) is 5.75 Å². The second-order valence-electron chi connectivity index (χ2n) is 4.23. The van der Waals surface area contributed by atoms with Crippen molar-refractivity contribution in [1.29, 1.82) is 0 Å². The summed E-state index contributed by atoms with van der Waals surface area (Å²) in [5.74, 6) is 4.03. The zero-order chi connectivity index (χ0) is 15.4. The van der Waals surface area contributed by atoms with Crippen molar-refractivity contribution in [3.8, 4) is 5.75 Å². The Morgan fingerprint density at radius 3 is 2.71 bits per heavy atom. The van der Waals surface area contributed by atoms with E-state index < -0.39 is 5.82 Å². The Morgan fingerprint density at radius 1 is 1.33 bits per heavy atom. The Bertz CT molecular complexity index is 685. The minimum atomic E-state index is -0.616. The van der Waals surface area contributed by atoms with Gasteiger partial charge in [0, 0.05) is 10.9 Å². The smallest absolute Gasteiger partial charge is 0.275 e. The highest BCUT2D eigenvalue weighted by Crippen LogP contribution is 2.21. The molecule has 1 aromatic carbocycles. The van der Waals surface area contributed by atoms with E-state index in [2.05, 4.69) is 0 Å². The first-order chi connectivity index (χ1) is 10.0. The van der Waals surface area contributed by atoms with E-state index in [1.165, 1.54) is 30.4 Å². The van der Waals surface area contributed by atoms with Gasteiger partial charge in [0.15, 0.2) is 5.78 Å². The monoisotopic (exact) mass is 308 g/mol. The first kappa shape index (κ1) is 15.1. The molecule has 0 aliphatic carbocycles. The van der Waals surface area contributed by atoms with Crippen molar-refractivity contribution < 1.29 is 18.7 Å². The fourth-order valence-electron chi connectivity index (χ4n) is 1.67. The van der Waals surface area contributed by atoms with Gasteiger partial charge in [-0.15, -0.1) is 11.3 Å². The van der Waals surface area contributed by atoms with Gasteiger partial charge in [-0.3, -0.25) is 15.0 Å². The number of Topliss-reactive ketones (excluding diaryl/α,β-unsaturated/α-hetero) is 1. The number of amides is 1. The molecule has 21 heavy (non-hydrogen) atoms. The van der Waals surface area contributed by atoms with E-state index in [-0.39, 0.29) is 23.9 Å². The molecule has 3 N–H and O–H groups in total. The predicted molar refractivity (Wildman–Crippen MR) is 76.7 cm³/mol. The highest BCUT2D eigenvalue weighted by molar-refractivity contribution is 7.14. The van der Waals surface area contributed by atoms with E-state index in [0.717, 1.165) is 10.9 Å². The van der Waals surface area contributed by atoms with Crippen LogP contribution in [0.2, 0.25) is 0 Å². The molecule has 1 aromatic heterocycles. The number of hydrogen-bond donors (Lipinski definition) is 2. The molecule has 0 bridgehead atoms. The van der Waals surface area contributed by atoms with Crippen LogP contribution in [0, 0.1) is 5.82 Å². The van der Waals surface area contributed by atoms with Gasteiger partial charge < -0.3 is 4.74 Å². The van der Waals surface area contributed by atoms with Gasteiger partial charge in [0.05, 0.1) is 10.4 Å². The van der Waals surface area contributed by atoms with E-state index >= 15 is 0 Å². The minimum Gasteiger partial charge on any atom is -0.488 e. The van der Waals surface area contributed by atoms with Gasteiger partial charge >= 0.3 is 0 Å². The summed E-state index contributed by atoms with van der Waals surface area (Å²) in [6.45, 7) is 1.50. The van der Waals surface area contributed by atoms with E-state index in [9.17, 15) is 14.0 Å². The molecular formula is C14H13FN2O3S. The molecule has 0 unspecified atom stereocenters. The van der Waals surface area contributed by atoms with Crippen LogP contribution in [0.4, 0.5) is 4.39 Å². The van der Waals surface area contributed by atoms with Gasteiger partial charge in [-0.1, -0.05) is 0 Å². The number of ether oxygens (including phenoxy) is 1. The van der Waals surface area contributed by atoms with Gasteiger partial charge in [-0.05, 0) is 31.2 Å². The van der Waals surface area contributed by atoms with Gasteiger partial charge in [0.1, 0.15) is 18.2 Å². The van der Waals surface area contributed by atoms with Crippen LogP contribution in [0.25, 0.3) is 0 Å². The molecule has 0 aliphatic heterocycles. The maximum Gasteiger partial charge on any atom is 0.275 e. The van der Waals surface area contributed by atoms with Crippen molar-refractivity contribution in [2.45, 2.75) is 13.5 Å². The first-order valence-electron chi connectivity index (χ1n) is 6.04. The third kappa shape index (κ3) is 3.65. The third-order valence-corrected chi connectivity index (χ3v) is 3.77. The summed E-state index contributed by atoms with van der Waals surface area (Å²) in [6, 6.07) is 7.44. The molecule has 0 radical (unpaired) electrons. The number of thiophene rings is 1. The number of nitrogen functional groups attached to an aromatic ring is 1. The van der Waals surface area contributed by atoms with E-state index in [0.29, 0.717) is 10.6 Å². The Kier molecular flexibility index (Phi) is 4.66. The summed E-state index contributed by atoms with van der Waals surface area (Å²) in [5, 5.41) is 0. The van der Waals surface area contributed by atoms with Crippen molar-refractivity contribution in [2.24, 2.45) is 5.84 Å². The standard InChI is InChI=1S/C14H13FN2O3S/c1-8(18)11-4-2-9(6-12(11)15)20-7-10-3-5-13(21-10)14(19)17-16/h2-6H,7,16H2,1H3,(H,17,19). The van der Waals surface area contributed by atoms with Crippen LogP contribution in [-0.2, 0) is 6.61 Å². The van der Waals surface area contributed by atoms with Crippen LogP contribution in [0.3, 0.4) is 0 Å². The second kappa shape index (κ2) is 6.47. The number of rotatable bonds is 5. The van der Waals surface area contributed by atoms with Crippen molar-refractivity contribution in [1.82, 2.24) is 5.43 Å². The molecule has 1 amide bonds. The van der Waals surface area contributed by atoms with E-state index in [4.69, 9.17) is 10.6 Å². The lowest BCUT2D eigenvalue weighted by Gasteiger charge is -2.06. The van der Waals surface area contributed by atoms with Crippen LogP contribution in [0.15, 0.2) is 30.3 Å². The number of halogens is 1. The van der Waals surface area contributed by atoms with Gasteiger partial charge in [0.2, 0.25) is 0 Å². The Labute approximate surface area is 124 Å². The van der Waals surface area contributed by atoms with Crippen LogP contribution >= 0.6 is 11.3 Å². The summed E-state index contributed by atoms with van der Waals surface area (Å²) >= 11 is 1.23. The Morgan fingerprint density at radius 2 is 2.10 bits per heavy atom. The number of nitrogens with one attached hydrogen (secondary N) is 1. The largest absolute Gasteiger partial charge is 0.488 e. The van der Waals surface area contributed by atoms with Gasteiger partial charge in [-0.2, -0.15) is 0 Å². The molecule has 110 valence electrons. The molecule has 2 rings (SSSR count). The summed E-state index contributed by atoms with van der Waals surface area (Å²) in [7, 11) is 0. The Hall–Kier alpha value is -2.25. The van der Waals surface area contributed by atoms with Crippen LogP contribution in [-0.4, -0.2) is 11.7 Å². The zero-order valence-electron chi connectivity index (χ0n) is 11.2. The summed E-state index contributed by atoms with van der Waals surface area (Å²) < 4.78 is 19.0. The van der Waals surface area contributed by atoms with Crippen molar-refractivity contribution in [2.75, 3.05) is 0 Å². The lowest BCUT2D eigenvalue weighted by molar-refractivity contribution is 0.0956. The lowest BCUT2D eigenvalue weighted by Crippen LogP contribution is -2.29.